The van der Waals surface area contributed by atoms with Gasteiger partial charge in [0, 0.05) is 6.42 Å². The minimum atomic E-state index is -0.203. The minimum Gasteiger partial charge on any atom is -0.390 e. The molecule has 0 spiro atoms. The lowest BCUT2D eigenvalue weighted by molar-refractivity contribution is -0.0200. The molecule has 100 valence electrons. The Morgan fingerprint density at radius 3 is 2.35 bits per heavy atom. The number of hydrogen-bond donors (Lipinski definition) is 1. The maximum Gasteiger partial charge on any atom is 0.0838 e. The topological polar surface area (TPSA) is 29.5 Å². The Balaban J connectivity index is 1.84. The van der Waals surface area contributed by atoms with Crippen LogP contribution >= 0.6 is 0 Å². The summed E-state index contributed by atoms with van der Waals surface area (Å²) in [5, 5.41) is 10.0. The van der Waals surface area contributed by atoms with Crippen LogP contribution in [0.25, 0.3) is 0 Å². The Hall–Kier alpha value is -0.0800. The zero-order valence-corrected chi connectivity index (χ0v) is 11.2. The second-order valence-corrected chi connectivity index (χ2v) is 5.91. The van der Waals surface area contributed by atoms with Gasteiger partial charge in [0.25, 0.3) is 0 Å². The maximum absolute atomic E-state index is 10.0. The van der Waals surface area contributed by atoms with Crippen LogP contribution in [0.4, 0.5) is 0 Å². The van der Waals surface area contributed by atoms with Crippen LogP contribution in [0.1, 0.15) is 71.1 Å². The molecule has 0 aromatic heterocycles. The molecule has 2 aliphatic rings. The summed E-state index contributed by atoms with van der Waals surface area (Å²) >= 11 is 0. The predicted molar refractivity (Wildman–Crippen MR) is 70.0 cm³/mol. The smallest absolute Gasteiger partial charge is 0.0838 e. The third-order valence-corrected chi connectivity index (χ3v) is 4.50. The SMILES string of the molecule is CCCC1OC(C2CCCCCCC2)CC1O. The van der Waals surface area contributed by atoms with Crippen LogP contribution in [0, 0.1) is 5.92 Å². The summed E-state index contributed by atoms with van der Waals surface area (Å²) < 4.78 is 6.10. The standard InChI is InChI=1S/C15H28O2/c1-2-8-14-13(16)11-15(17-14)12-9-6-4-3-5-7-10-12/h12-16H,2-11H2,1H3. The number of aliphatic hydroxyl groups excluding tert-OH is 1. The van der Waals surface area contributed by atoms with E-state index >= 15 is 0 Å². The van der Waals surface area contributed by atoms with Crippen molar-refractivity contribution in [1.82, 2.24) is 0 Å². The van der Waals surface area contributed by atoms with Crippen LogP contribution in [-0.2, 0) is 4.74 Å². The summed E-state index contributed by atoms with van der Waals surface area (Å²) in [7, 11) is 0. The van der Waals surface area contributed by atoms with Crippen molar-refractivity contribution < 1.29 is 9.84 Å². The van der Waals surface area contributed by atoms with E-state index in [0.717, 1.165) is 19.3 Å². The van der Waals surface area contributed by atoms with E-state index in [-0.39, 0.29) is 12.2 Å². The van der Waals surface area contributed by atoms with Crippen LogP contribution < -0.4 is 0 Å². The van der Waals surface area contributed by atoms with E-state index in [1.54, 1.807) is 0 Å². The molecule has 2 heteroatoms. The molecule has 2 fully saturated rings. The summed E-state index contributed by atoms with van der Waals surface area (Å²) in [4.78, 5) is 0. The van der Waals surface area contributed by atoms with Gasteiger partial charge in [-0.2, -0.15) is 0 Å². The summed E-state index contributed by atoms with van der Waals surface area (Å²) in [5.74, 6) is 0.715. The van der Waals surface area contributed by atoms with Crippen LogP contribution in [-0.4, -0.2) is 23.4 Å². The Labute approximate surface area is 106 Å². The molecule has 3 unspecified atom stereocenters. The lowest BCUT2D eigenvalue weighted by Gasteiger charge is -2.25. The highest BCUT2D eigenvalue weighted by Gasteiger charge is 2.37. The van der Waals surface area contributed by atoms with E-state index in [9.17, 15) is 5.11 Å². The lowest BCUT2D eigenvalue weighted by atomic mass is 9.86. The van der Waals surface area contributed by atoms with Crippen molar-refractivity contribution in [1.29, 1.82) is 0 Å². The van der Waals surface area contributed by atoms with E-state index < -0.39 is 0 Å². The van der Waals surface area contributed by atoms with Gasteiger partial charge in [-0.15, -0.1) is 0 Å². The molecule has 2 rings (SSSR count). The highest BCUT2D eigenvalue weighted by molar-refractivity contribution is 4.86. The number of hydrogen-bond acceptors (Lipinski definition) is 2. The van der Waals surface area contributed by atoms with Crippen molar-refractivity contribution in [2.24, 2.45) is 5.92 Å². The second-order valence-electron chi connectivity index (χ2n) is 5.91. The molecule has 1 N–H and O–H groups in total. The molecule has 1 aliphatic heterocycles. The van der Waals surface area contributed by atoms with Crippen molar-refractivity contribution >= 4 is 0 Å². The molecular weight excluding hydrogens is 212 g/mol. The number of ether oxygens (including phenoxy) is 1. The van der Waals surface area contributed by atoms with E-state index in [2.05, 4.69) is 6.92 Å². The molecular formula is C15H28O2. The van der Waals surface area contributed by atoms with Crippen molar-refractivity contribution in [3.63, 3.8) is 0 Å². The molecule has 2 nitrogen and oxygen atoms in total. The summed E-state index contributed by atoms with van der Waals surface area (Å²) in [6.07, 6.45) is 12.8. The quantitative estimate of drug-likeness (QED) is 0.815. The van der Waals surface area contributed by atoms with Gasteiger partial charge in [0.2, 0.25) is 0 Å². The van der Waals surface area contributed by atoms with Gasteiger partial charge in [-0.25, -0.2) is 0 Å². The fourth-order valence-corrected chi connectivity index (χ4v) is 3.47. The molecule has 17 heavy (non-hydrogen) atoms. The van der Waals surface area contributed by atoms with E-state index in [1.165, 1.54) is 44.9 Å². The Bertz CT molecular complexity index is 209. The van der Waals surface area contributed by atoms with Crippen molar-refractivity contribution in [3.8, 4) is 0 Å². The third kappa shape index (κ3) is 3.69. The molecule has 1 aliphatic carbocycles. The predicted octanol–water partition coefficient (Wildman–Crippen LogP) is 3.67. The molecule has 0 radical (unpaired) electrons. The van der Waals surface area contributed by atoms with Gasteiger partial charge in [0.15, 0.2) is 0 Å². The van der Waals surface area contributed by atoms with Gasteiger partial charge < -0.3 is 9.84 Å². The first-order valence-electron chi connectivity index (χ1n) is 7.64. The molecule has 0 aromatic carbocycles. The highest BCUT2D eigenvalue weighted by atomic mass is 16.5. The van der Waals surface area contributed by atoms with Crippen LogP contribution in [0.15, 0.2) is 0 Å². The van der Waals surface area contributed by atoms with Crippen molar-refractivity contribution in [3.05, 3.63) is 0 Å². The zero-order valence-electron chi connectivity index (χ0n) is 11.2. The lowest BCUT2D eigenvalue weighted by Crippen LogP contribution is -2.22. The monoisotopic (exact) mass is 240 g/mol. The maximum atomic E-state index is 10.0. The van der Waals surface area contributed by atoms with Gasteiger partial charge >= 0.3 is 0 Å². The van der Waals surface area contributed by atoms with E-state index in [4.69, 9.17) is 4.74 Å². The first kappa shape index (κ1) is 13.4. The molecule has 0 aromatic rings. The molecule has 1 saturated heterocycles. The highest BCUT2D eigenvalue weighted by Crippen LogP contribution is 2.34. The number of rotatable bonds is 3. The van der Waals surface area contributed by atoms with Gasteiger partial charge in [-0.3, -0.25) is 0 Å². The fraction of sp³-hybridized carbons (Fsp3) is 1.00. The molecule has 0 amide bonds. The molecule has 0 bridgehead atoms. The van der Waals surface area contributed by atoms with Gasteiger partial charge in [-0.1, -0.05) is 45.4 Å². The van der Waals surface area contributed by atoms with Gasteiger partial charge in [0.05, 0.1) is 18.3 Å². The van der Waals surface area contributed by atoms with Crippen LogP contribution in [0.5, 0.6) is 0 Å². The third-order valence-electron chi connectivity index (χ3n) is 4.50. The largest absolute Gasteiger partial charge is 0.390 e. The first-order valence-corrected chi connectivity index (χ1v) is 7.64. The first-order chi connectivity index (χ1) is 8.31. The molecule has 1 heterocycles. The Morgan fingerprint density at radius 1 is 1.06 bits per heavy atom. The fourth-order valence-electron chi connectivity index (χ4n) is 3.47. The van der Waals surface area contributed by atoms with E-state index in [0.29, 0.717) is 12.0 Å². The Kier molecular flexibility index (Phi) is 5.30. The van der Waals surface area contributed by atoms with Gasteiger partial charge in [0.1, 0.15) is 0 Å². The second kappa shape index (κ2) is 6.75. The number of aliphatic hydroxyl groups is 1. The van der Waals surface area contributed by atoms with Crippen molar-refractivity contribution in [2.75, 3.05) is 0 Å². The van der Waals surface area contributed by atoms with Crippen LogP contribution in [0.3, 0.4) is 0 Å². The minimum absolute atomic E-state index is 0.121. The zero-order chi connectivity index (χ0) is 12.1. The summed E-state index contributed by atoms with van der Waals surface area (Å²) in [5.41, 5.74) is 0. The normalized spacial score (nSPS) is 36.7. The average Bonchev–Trinajstić information content (AvgIpc) is 2.60. The Morgan fingerprint density at radius 2 is 1.71 bits per heavy atom. The summed E-state index contributed by atoms with van der Waals surface area (Å²) in [6, 6.07) is 0. The van der Waals surface area contributed by atoms with Gasteiger partial charge in [-0.05, 0) is 25.2 Å². The van der Waals surface area contributed by atoms with Crippen molar-refractivity contribution in [2.45, 2.75) is 89.4 Å². The van der Waals surface area contributed by atoms with Crippen LogP contribution in [0.2, 0.25) is 0 Å². The molecule has 1 saturated carbocycles. The average molecular weight is 240 g/mol. The molecule has 3 atom stereocenters. The summed E-state index contributed by atoms with van der Waals surface area (Å²) in [6.45, 7) is 2.17. The van der Waals surface area contributed by atoms with E-state index in [1.807, 2.05) is 0 Å².